The van der Waals surface area contributed by atoms with Crippen molar-refractivity contribution in [2.24, 2.45) is 11.1 Å². The quantitative estimate of drug-likeness (QED) is 0.872. The van der Waals surface area contributed by atoms with Crippen molar-refractivity contribution in [1.29, 1.82) is 0 Å². The molecular formula is C13H21BrN2. The molecule has 0 saturated heterocycles. The van der Waals surface area contributed by atoms with E-state index in [0.29, 0.717) is 6.04 Å². The van der Waals surface area contributed by atoms with E-state index in [4.69, 9.17) is 5.73 Å². The highest BCUT2D eigenvalue weighted by Gasteiger charge is 2.29. The van der Waals surface area contributed by atoms with Gasteiger partial charge in [0.15, 0.2) is 0 Å². The molecule has 0 aliphatic heterocycles. The van der Waals surface area contributed by atoms with E-state index >= 15 is 0 Å². The Balaban J connectivity index is 3.03. The molecule has 1 unspecified atom stereocenters. The molecule has 1 aromatic carbocycles. The fraction of sp³-hybridized carbons (Fsp3) is 0.538. The van der Waals surface area contributed by atoms with E-state index in [2.05, 4.69) is 53.3 Å². The van der Waals surface area contributed by atoms with Crippen LogP contribution in [0.15, 0.2) is 28.7 Å². The summed E-state index contributed by atoms with van der Waals surface area (Å²) in [6, 6.07) is 8.66. The second-order valence-electron chi connectivity index (χ2n) is 4.77. The van der Waals surface area contributed by atoms with Crippen molar-refractivity contribution in [3.05, 3.63) is 34.3 Å². The Morgan fingerprint density at radius 2 is 2.00 bits per heavy atom. The van der Waals surface area contributed by atoms with Crippen LogP contribution in [0.25, 0.3) is 0 Å². The Hall–Kier alpha value is -0.380. The number of benzene rings is 1. The fourth-order valence-corrected chi connectivity index (χ4v) is 2.71. The molecule has 0 heterocycles. The van der Waals surface area contributed by atoms with Crippen LogP contribution in [0.2, 0.25) is 0 Å². The zero-order chi connectivity index (χ0) is 12.2. The number of nitrogens with two attached hydrogens (primary N) is 1. The van der Waals surface area contributed by atoms with E-state index in [9.17, 15) is 0 Å². The maximum Gasteiger partial charge on any atom is 0.0381 e. The summed E-state index contributed by atoms with van der Waals surface area (Å²) in [5.41, 5.74) is 7.12. The summed E-state index contributed by atoms with van der Waals surface area (Å²) < 4.78 is 1.15. The molecule has 2 nitrogen and oxygen atoms in total. The largest absolute Gasteiger partial charge is 0.330 e. The third kappa shape index (κ3) is 3.06. The second-order valence-corrected chi connectivity index (χ2v) is 5.62. The van der Waals surface area contributed by atoms with E-state index in [-0.39, 0.29) is 5.41 Å². The van der Waals surface area contributed by atoms with Crippen molar-refractivity contribution in [3.63, 3.8) is 0 Å². The Labute approximate surface area is 107 Å². The minimum Gasteiger partial charge on any atom is -0.330 e. The predicted molar refractivity (Wildman–Crippen MR) is 73.4 cm³/mol. The molecule has 1 rings (SSSR count). The van der Waals surface area contributed by atoms with Crippen LogP contribution in [0.4, 0.5) is 0 Å². The van der Waals surface area contributed by atoms with Crippen LogP contribution in [0.1, 0.15) is 31.9 Å². The lowest BCUT2D eigenvalue weighted by molar-refractivity contribution is 0.238. The minimum atomic E-state index is 0.146. The molecule has 3 heteroatoms. The van der Waals surface area contributed by atoms with Crippen LogP contribution in [-0.4, -0.2) is 13.6 Å². The molecule has 0 spiro atoms. The van der Waals surface area contributed by atoms with Crippen LogP contribution in [0.3, 0.4) is 0 Å². The van der Waals surface area contributed by atoms with Gasteiger partial charge in [-0.15, -0.1) is 0 Å². The molecule has 16 heavy (non-hydrogen) atoms. The van der Waals surface area contributed by atoms with Crippen LogP contribution in [0.5, 0.6) is 0 Å². The molecule has 1 atom stereocenters. The Morgan fingerprint density at radius 3 is 2.50 bits per heavy atom. The van der Waals surface area contributed by atoms with Crippen molar-refractivity contribution in [3.8, 4) is 0 Å². The van der Waals surface area contributed by atoms with Gasteiger partial charge >= 0.3 is 0 Å². The predicted octanol–water partition coefficient (Wildman–Crippen LogP) is 3.08. The van der Waals surface area contributed by atoms with Crippen LogP contribution in [0, 0.1) is 5.41 Å². The highest BCUT2D eigenvalue weighted by atomic mass is 79.9. The monoisotopic (exact) mass is 284 g/mol. The van der Waals surface area contributed by atoms with Gasteiger partial charge in [0, 0.05) is 10.5 Å². The number of hydrogen-bond acceptors (Lipinski definition) is 2. The summed E-state index contributed by atoms with van der Waals surface area (Å²) in [7, 11) is 2.00. The van der Waals surface area contributed by atoms with Crippen molar-refractivity contribution >= 4 is 15.9 Å². The zero-order valence-corrected chi connectivity index (χ0v) is 11.8. The number of hydrogen-bond donors (Lipinski definition) is 2. The van der Waals surface area contributed by atoms with Gasteiger partial charge in [0.05, 0.1) is 0 Å². The third-order valence-corrected chi connectivity index (χ3v) is 3.80. The summed E-state index contributed by atoms with van der Waals surface area (Å²) in [6.45, 7) is 5.22. The van der Waals surface area contributed by atoms with Crippen molar-refractivity contribution in [1.82, 2.24) is 5.32 Å². The first-order valence-corrected chi connectivity index (χ1v) is 6.44. The molecule has 3 N–H and O–H groups in total. The highest BCUT2D eigenvalue weighted by Crippen LogP contribution is 2.38. The van der Waals surface area contributed by atoms with Gasteiger partial charge in [0.2, 0.25) is 0 Å². The molecule has 90 valence electrons. The van der Waals surface area contributed by atoms with Gasteiger partial charge in [0.25, 0.3) is 0 Å². The Bertz CT molecular complexity index is 336. The SMILES string of the molecule is CNC(c1ccccc1Br)C(C)(C)CCN. The topological polar surface area (TPSA) is 38.0 Å². The summed E-state index contributed by atoms with van der Waals surface area (Å²) >= 11 is 3.61. The van der Waals surface area contributed by atoms with Gasteiger partial charge < -0.3 is 11.1 Å². The van der Waals surface area contributed by atoms with Crippen LogP contribution in [-0.2, 0) is 0 Å². The molecule has 0 bridgehead atoms. The van der Waals surface area contributed by atoms with Crippen molar-refractivity contribution < 1.29 is 0 Å². The fourth-order valence-electron chi connectivity index (χ4n) is 2.19. The number of halogens is 1. The van der Waals surface area contributed by atoms with Crippen LogP contribution < -0.4 is 11.1 Å². The van der Waals surface area contributed by atoms with Gasteiger partial charge in [-0.1, -0.05) is 48.0 Å². The molecule has 1 aromatic rings. The van der Waals surface area contributed by atoms with Gasteiger partial charge in [0.1, 0.15) is 0 Å². The average Bonchev–Trinajstić information content (AvgIpc) is 2.21. The normalized spacial score (nSPS) is 13.8. The maximum absolute atomic E-state index is 5.68. The molecule has 0 aliphatic carbocycles. The zero-order valence-electron chi connectivity index (χ0n) is 10.3. The summed E-state index contributed by atoms with van der Waals surface area (Å²) in [5, 5.41) is 3.40. The lowest BCUT2D eigenvalue weighted by Gasteiger charge is -2.35. The number of nitrogens with one attached hydrogen (secondary N) is 1. The molecule has 0 radical (unpaired) electrons. The van der Waals surface area contributed by atoms with Gasteiger partial charge in [-0.05, 0) is 37.1 Å². The Kier molecular flexibility index (Phi) is 4.96. The molecular weight excluding hydrogens is 264 g/mol. The van der Waals surface area contributed by atoms with E-state index in [1.54, 1.807) is 0 Å². The van der Waals surface area contributed by atoms with Crippen molar-refractivity contribution in [2.45, 2.75) is 26.3 Å². The first-order chi connectivity index (χ1) is 7.53. The summed E-state index contributed by atoms with van der Waals surface area (Å²) in [5.74, 6) is 0. The smallest absolute Gasteiger partial charge is 0.0381 e. The molecule has 0 aliphatic rings. The van der Waals surface area contributed by atoms with Crippen molar-refractivity contribution in [2.75, 3.05) is 13.6 Å². The Morgan fingerprint density at radius 1 is 1.38 bits per heavy atom. The van der Waals surface area contributed by atoms with Gasteiger partial charge in [-0.2, -0.15) is 0 Å². The van der Waals surface area contributed by atoms with E-state index in [0.717, 1.165) is 17.4 Å². The summed E-state index contributed by atoms with van der Waals surface area (Å²) in [4.78, 5) is 0. The average molecular weight is 285 g/mol. The number of rotatable bonds is 5. The molecule has 0 saturated carbocycles. The molecule has 0 fully saturated rings. The van der Waals surface area contributed by atoms with E-state index in [1.165, 1.54) is 5.56 Å². The second kappa shape index (κ2) is 5.80. The standard InChI is InChI=1S/C13H21BrN2/c1-13(2,8-9-15)12(16-3)10-6-4-5-7-11(10)14/h4-7,12,16H,8-9,15H2,1-3H3. The molecule has 0 aromatic heterocycles. The molecule has 0 amide bonds. The highest BCUT2D eigenvalue weighted by molar-refractivity contribution is 9.10. The lowest BCUT2D eigenvalue weighted by atomic mass is 9.78. The third-order valence-electron chi connectivity index (χ3n) is 3.08. The lowest BCUT2D eigenvalue weighted by Crippen LogP contribution is -2.34. The van der Waals surface area contributed by atoms with E-state index in [1.807, 2.05) is 13.1 Å². The first-order valence-electron chi connectivity index (χ1n) is 5.64. The van der Waals surface area contributed by atoms with Crippen LogP contribution >= 0.6 is 15.9 Å². The van der Waals surface area contributed by atoms with Gasteiger partial charge in [-0.3, -0.25) is 0 Å². The first kappa shape index (κ1) is 13.7. The maximum atomic E-state index is 5.68. The van der Waals surface area contributed by atoms with Gasteiger partial charge in [-0.25, -0.2) is 0 Å². The summed E-state index contributed by atoms with van der Waals surface area (Å²) in [6.07, 6.45) is 1.000. The minimum absolute atomic E-state index is 0.146. The van der Waals surface area contributed by atoms with E-state index < -0.39 is 0 Å².